The molecule has 0 atom stereocenters. The molecule has 2 heterocycles. The third kappa shape index (κ3) is 1.69. The minimum Gasteiger partial charge on any atom is -0.326 e. The molecule has 2 aromatic rings. The van der Waals surface area contributed by atoms with Gasteiger partial charge in [-0.1, -0.05) is 0 Å². The van der Waals surface area contributed by atoms with E-state index in [2.05, 4.69) is 10.3 Å². The number of pyridine rings is 1. The van der Waals surface area contributed by atoms with Crippen LogP contribution in [0.3, 0.4) is 0 Å². The van der Waals surface area contributed by atoms with Crippen molar-refractivity contribution in [2.75, 3.05) is 13.6 Å². The van der Waals surface area contributed by atoms with Crippen molar-refractivity contribution in [1.82, 2.24) is 14.9 Å². The van der Waals surface area contributed by atoms with E-state index < -0.39 is 5.82 Å². The lowest BCUT2D eigenvalue weighted by molar-refractivity contribution is 0.0986. The number of aromatic nitrogens is 2. The molecule has 0 bridgehead atoms. The van der Waals surface area contributed by atoms with Crippen LogP contribution in [-0.4, -0.2) is 28.9 Å². The van der Waals surface area contributed by atoms with Gasteiger partial charge in [0.1, 0.15) is 11.5 Å². The first-order valence-electron chi connectivity index (χ1n) is 4.92. The highest BCUT2D eigenvalue weighted by Crippen LogP contribution is 2.17. The Morgan fingerprint density at radius 3 is 3.00 bits per heavy atom. The normalized spacial score (nSPS) is 10.9. The van der Waals surface area contributed by atoms with E-state index in [-0.39, 0.29) is 12.3 Å². The number of nitrogens with zero attached hydrogens (tertiary/aromatic N) is 2. The maximum atomic E-state index is 13.0. The fourth-order valence-electron chi connectivity index (χ4n) is 1.71. The smallest absolute Gasteiger partial charge is 0.192 e. The highest BCUT2D eigenvalue weighted by Gasteiger charge is 2.13. The zero-order valence-electron chi connectivity index (χ0n) is 9.12. The first-order chi connectivity index (χ1) is 7.63. The van der Waals surface area contributed by atoms with Gasteiger partial charge in [0.05, 0.1) is 18.4 Å². The summed E-state index contributed by atoms with van der Waals surface area (Å²) in [5.74, 6) is -0.436. The number of nitrogens with one attached hydrogen (secondary N) is 1. The van der Waals surface area contributed by atoms with Crippen molar-refractivity contribution in [3.8, 4) is 0 Å². The van der Waals surface area contributed by atoms with Crippen LogP contribution in [-0.2, 0) is 7.05 Å². The number of fused-ring (bicyclic) bond motifs is 1. The van der Waals surface area contributed by atoms with Crippen LogP contribution < -0.4 is 5.32 Å². The van der Waals surface area contributed by atoms with E-state index in [9.17, 15) is 9.18 Å². The molecule has 0 spiro atoms. The molecule has 0 amide bonds. The number of ketones is 1. The number of halogens is 1. The summed E-state index contributed by atoms with van der Waals surface area (Å²) in [6, 6.07) is 3.03. The van der Waals surface area contributed by atoms with Gasteiger partial charge in [-0.2, -0.15) is 0 Å². The van der Waals surface area contributed by atoms with Gasteiger partial charge in [-0.15, -0.1) is 0 Å². The van der Waals surface area contributed by atoms with E-state index in [1.807, 2.05) is 0 Å². The molecule has 0 fully saturated rings. The number of carbonyl (C=O) groups excluding carboxylic acids is 1. The molecule has 4 nitrogen and oxygen atoms in total. The fourth-order valence-corrected chi connectivity index (χ4v) is 1.71. The van der Waals surface area contributed by atoms with Crippen molar-refractivity contribution in [3.63, 3.8) is 0 Å². The number of hydrogen-bond acceptors (Lipinski definition) is 3. The number of Topliss-reactive ketones (excluding diaryl/α,β-unsaturated/α-hetero) is 1. The van der Waals surface area contributed by atoms with E-state index in [1.54, 1.807) is 24.7 Å². The average Bonchev–Trinajstić information content (AvgIpc) is 2.56. The lowest BCUT2D eigenvalue weighted by atomic mass is 10.2. The van der Waals surface area contributed by atoms with E-state index in [0.717, 1.165) is 6.20 Å². The van der Waals surface area contributed by atoms with E-state index in [1.165, 1.54) is 6.07 Å². The average molecular weight is 221 g/mol. The van der Waals surface area contributed by atoms with Crippen LogP contribution in [0, 0.1) is 5.82 Å². The quantitative estimate of drug-likeness (QED) is 0.790. The standard InChI is InChI=1S/C11H12FN3O/c1-13-6-10(16)9-4-7-3-8(12)5-14-11(7)15(9)2/h3-5,13H,6H2,1-2H3. The summed E-state index contributed by atoms with van der Waals surface area (Å²) in [6.45, 7) is 0.257. The second-order valence-electron chi connectivity index (χ2n) is 3.61. The van der Waals surface area contributed by atoms with Crippen LogP contribution >= 0.6 is 0 Å². The van der Waals surface area contributed by atoms with Gasteiger partial charge < -0.3 is 9.88 Å². The fraction of sp³-hybridized carbons (Fsp3) is 0.273. The monoisotopic (exact) mass is 221 g/mol. The van der Waals surface area contributed by atoms with Crippen molar-refractivity contribution in [3.05, 3.63) is 29.8 Å². The molecular weight excluding hydrogens is 209 g/mol. The highest BCUT2D eigenvalue weighted by atomic mass is 19.1. The SMILES string of the molecule is CNCC(=O)c1cc2cc(F)cnc2n1C. The molecule has 0 radical (unpaired) electrons. The maximum absolute atomic E-state index is 13.0. The number of aryl methyl sites for hydroxylation is 1. The lowest BCUT2D eigenvalue weighted by Gasteiger charge is -2.01. The van der Waals surface area contributed by atoms with Gasteiger partial charge in [-0.05, 0) is 19.2 Å². The molecule has 2 rings (SSSR count). The van der Waals surface area contributed by atoms with E-state index in [4.69, 9.17) is 0 Å². The predicted molar refractivity (Wildman–Crippen MR) is 58.9 cm³/mol. The number of hydrogen-bond donors (Lipinski definition) is 1. The molecule has 0 saturated carbocycles. The van der Waals surface area contributed by atoms with Crippen molar-refractivity contribution in [1.29, 1.82) is 0 Å². The summed E-state index contributed by atoms with van der Waals surface area (Å²) in [6.07, 6.45) is 1.15. The Kier molecular flexibility index (Phi) is 2.70. The first-order valence-corrected chi connectivity index (χ1v) is 4.92. The van der Waals surface area contributed by atoms with Crippen LogP contribution in [0.2, 0.25) is 0 Å². The molecule has 0 unspecified atom stereocenters. The Bertz CT molecular complexity index is 547. The highest BCUT2D eigenvalue weighted by molar-refractivity contribution is 6.00. The molecule has 0 aliphatic heterocycles. The number of likely N-dealkylation sites (N-methyl/N-ethyl adjacent to an activating group) is 1. The van der Waals surface area contributed by atoms with Crippen molar-refractivity contribution >= 4 is 16.8 Å². The van der Waals surface area contributed by atoms with Gasteiger partial charge in [0.2, 0.25) is 0 Å². The molecular formula is C11H12FN3O. The molecule has 16 heavy (non-hydrogen) atoms. The molecule has 0 aliphatic carbocycles. The van der Waals surface area contributed by atoms with Crippen LogP contribution in [0.4, 0.5) is 4.39 Å². The minimum atomic E-state index is -0.397. The van der Waals surface area contributed by atoms with Crippen LogP contribution in [0.15, 0.2) is 18.3 Å². The summed E-state index contributed by atoms with van der Waals surface area (Å²) < 4.78 is 14.6. The number of carbonyl (C=O) groups is 1. The Balaban J connectivity index is 2.55. The summed E-state index contributed by atoms with van der Waals surface area (Å²) in [4.78, 5) is 15.7. The van der Waals surface area contributed by atoms with E-state index >= 15 is 0 Å². The van der Waals surface area contributed by atoms with Gasteiger partial charge >= 0.3 is 0 Å². The Hall–Kier alpha value is -1.75. The zero-order valence-corrected chi connectivity index (χ0v) is 9.12. The van der Waals surface area contributed by atoms with Gasteiger partial charge in [0.25, 0.3) is 0 Å². The van der Waals surface area contributed by atoms with Gasteiger partial charge in [-0.25, -0.2) is 9.37 Å². The molecule has 0 saturated heterocycles. The Morgan fingerprint density at radius 2 is 2.31 bits per heavy atom. The first kappa shape index (κ1) is 10.8. The maximum Gasteiger partial charge on any atom is 0.192 e. The molecule has 5 heteroatoms. The Morgan fingerprint density at radius 1 is 1.56 bits per heavy atom. The third-order valence-electron chi connectivity index (χ3n) is 2.46. The number of rotatable bonds is 3. The Labute approximate surface area is 92.1 Å². The molecule has 0 aliphatic rings. The van der Waals surface area contributed by atoms with Gasteiger partial charge in [0, 0.05) is 12.4 Å². The predicted octanol–water partition coefficient (Wildman–Crippen LogP) is 1.11. The topological polar surface area (TPSA) is 46.9 Å². The largest absolute Gasteiger partial charge is 0.326 e. The zero-order chi connectivity index (χ0) is 11.7. The van der Waals surface area contributed by atoms with Crippen LogP contribution in [0.5, 0.6) is 0 Å². The van der Waals surface area contributed by atoms with Gasteiger partial charge in [0.15, 0.2) is 5.78 Å². The second kappa shape index (κ2) is 4.02. The van der Waals surface area contributed by atoms with Crippen molar-refractivity contribution in [2.45, 2.75) is 0 Å². The van der Waals surface area contributed by atoms with Gasteiger partial charge in [-0.3, -0.25) is 4.79 Å². The summed E-state index contributed by atoms with van der Waals surface area (Å²) in [7, 11) is 3.45. The van der Waals surface area contributed by atoms with E-state index in [0.29, 0.717) is 16.7 Å². The van der Waals surface area contributed by atoms with Crippen molar-refractivity contribution < 1.29 is 9.18 Å². The molecule has 1 N–H and O–H groups in total. The minimum absolute atomic E-state index is 0.0385. The molecule has 84 valence electrons. The van der Waals surface area contributed by atoms with Crippen LogP contribution in [0.1, 0.15) is 10.5 Å². The molecule has 0 aromatic carbocycles. The summed E-state index contributed by atoms with van der Waals surface area (Å²) in [5.41, 5.74) is 1.14. The lowest BCUT2D eigenvalue weighted by Crippen LogP contribution is -2.20. The second-order valence-corrected chi connectivity index (χ2v) is 3.61. The van der Waals surface area contributed by atoms with Crippen LogP contribution in [0.25, 0.3) is 11.0 Å². The third-order valence-corrected chi connectivity index (χ3v) is 2.46. The summed E-state index contributed by atoms with van der Waals surface area (Å²) >= 11 is 0. The molecule has 2 aromatic heterocycles. The van der Waals surface area contributed by atoms with Crippen molar-refractivity contribution in [2.24, 2.45) is 7.05 Å². The summed E-state index contributed by atoms with van der Waals surface area (Å²) in [5, 5.41) is 3.43.